The topological polar surface area (TPSA) is 52.6 Å². The van der Waals surface area contributed by atoms with Gasteiger partial charge in [-0.1, -0.05) is 85.3 Å². The van der Waals surface area contributed by atoms with Gasteiger partial charge in [0.1, 0.15) is 0 Å². The highest BCUT2D eigenvalue weighted by Crippen LogP contribution is 2.75. The summed E-state index contributed by atoms with van der Waals surface area (Å²) in [7, 11) is 0. The van der Waals surface area contributed by atoms with Crippen LogP contribution in [0.5, 0.6) is 0 Å². The molecule has 0 spiro atoms. The minimum Gasteiger partial charge on any atom is -0.422 e. The van der Waals surface area contributed by atoms with Gasteiger partial charge >= 0.3 is 11.9 Å². The average molecular weight is 543 g/mol. The van der Waals surface area contributed by atoms with Crippen LogP contribution in [0.2, 0.25) is 0 Å². The van der Waals surface area contributed by atoms with Gasteiger partial charge in [-0.25, -0.2) is 0 Å². The SMILES string of the molecule is CCCC[C@@]12CC[C@H]([C@H](C)CCCC(C)C)[C@@]1(C)CC[C@H]1C2=CC[C@H]2CCCC(OC(C)=O)(OC(C)=O)[C@@]21C. The lowest BCUT2D eigenvalue weighted by atomic mass is 9.41. The van der Waals surface area contributed by atoms with Gasteiger partial charge in [0.05, 0.1) is 5.41 Å². The molecule has 0 radical (unpaired) electrons. The van der Waals surface area contributed by atoms with Crippen LogP contribution in [0.3, 0.4) is 0 Å². The van der Waals surface area contributed by atoms with Crippen LogP contribution in [0, 0.1) is 45.8 Å². The minimum absolute atomic E-state index is 0.201. The fourth-order valence-corrected chi connectivity index (χ4v) is 10.6. The Balaban J connectivity index is 1.76. The van der Waals surface area contributed by atoms with Crippen LogP contribution >= 0.6 is 0 Å². The van der Waals surface area contributed by atoms with Gasteiger partial charge < -0.3 is 9.47 Å². The average Bonchev–Trinajstić information content (AvgIpc) is 3.15. The Bertz CT molecular complexity index is 919. The molecular weight excluding hydrogens is 484 g/mol. The number of rotatable bonds is 10. The molecule has 0 unspecified atom stereocenters. The molecule has 4 aliphatic carbocycles. The Labute approximate surface area is 239 Å². The van der Waals surface area contributed by atoms with Gasteiger partial charge in [-0.2, -0.15) is 0 Å². The van der Waals surface area contributed by atoms with E-state index in [1.165, 1.54) is 71.6 Å². The minimum atomic E-state index is -1.17. The molecule has 0 aromatic carbocycles. The molecular formula is C35H58O4. The largest absolute Gasteiger partial charge is 0.422 e. The van der Waals surface area contributed by atoms with Gasteiger partial charge in [-0.15, -0.1) is 0 Å². The fourth-order valence-electron chi connectivity index (χ4n) is 10.6. The molecule has 0 aliphatic heterocycles. The molecule has 0 bridgehead atoms. The van der Waals surface area contributed by atoms with Gasteiger partial charge in [-0.05, 0) is 91.8 Å². The van der Waals surface area contributed by atoms with E-state index in [2.05, 4.69) is 47.6 Å². The quantitative estimate of drug-likeness (QED) is 0.157. The number of esters is 2. The van der Waals surface area contributed by atoms with Gasteiger partial charge in [0, 0.05) is 20.3 Å². The van der Waals surface area contributed by atoms with Crippen molar-refractivity contribution in [2.24, 2.45) is 45.8 Å². The smallest absolute Gasteiger partial charge is 0.305 e. The van der Waals surface area contributed by atoms with Crippen LogP contribution in [-0.2, 0) is 19.1 Å². The summed E-state index contributed by atoms with van der Waals surface area (Å²) in [5, 5.41) is 0. The van der Waals surface area contributed by atoms with Crippen LogP contribution in [0.4, 0.5) is 0 Å². The van der Waals surface area contributed by atoms with E-state index in [1.807, 2.05) is 0 Å². The van der Waals surface area contributed by atoms with Crippen LogP contribution in [-0.4, -0.2) is 17.7 Å². The van der Waals surface area contributed by atoms with E-state index in [0.29, 0.717) is 17.8 Å². The van der Waals surface area contributed by atoms with Crippen LogP contribution in [0.1, 0.15) is 145 Å². The Morgan fingerprint density at radius 2 is 1.64 bits per heavy atom. The van der Waals surface area contributed by atoms with Crippen molar-refractivity contribution in [3.8, 4) is 0 Å². The zero-order valence-corrected chi connectivity index (χ0v) is 26.5. The summed E-state index contributed by atoms with van der Waals surface area (Å²) in [6.45, 7) is 17.5. The molecule has 0 N–H and O–H groups in total. The van der Waals surface area contributed by atoms with Crippen molar-refractivity contribution in [3.05, 3.63) is 11.6 Å². The molecule has 0 heterocycles. The number of allylic oxidation sites excluding steroid dienone is 2. The van der Waals surface area contributed by atoms with E-state index >= 15 is 0 Å². The van der Waals surface area contributed by atoms with E-state index in [-0.39, 0.29) is 23.3 Å². The van der Waals surface area contributed by atoms with Crippen LogP contribution < -0.4 is 0 Å². The summed E-state index contributed by atoms with van der Waals surface area (Å²) in [6, 6.07) is 0. The molecule has 4 rings (SSSR count). The summed E-state index contributed by atoms with van der Waals surface area (Å²) in [6.07, 6.45) is 19.0. The summed E-state index contributed by atoms with van der Waals surface area (Å²) >= 11 is 0. The number of hydrogen-bond donors (Lipinski definition) is 0. The predicted octanol–water partition coefficient (Wildman–Crippen LogP) is 9.41. The number of carbonyl (C=O) groups is 2. The predicted molar refractivity (Wildman–Crippen MR) is 158 cm³/mol. The van der Waals surface area contributed by atoms with Crippen molar-refractivity contribution in [1.29, 1.82) is 0 Å². The molecule has 0 aromatic rings. The molecule has 0 aromatic heterocycles. The lowest BCUT2D eigenvalue weighted by Gasteiger charge is -2.65. The third-order valence-corrected chi connectivity index (χ3v) is 12.4. The van der Waals surface area contributed by atoms with E-state index < -0.39 is 11.2 Å². The zero-order valence-electron chi connectivity index (χ0n) is 26.5. The third kappa shape index (κ3) is 5.03. The molecule has 7 atom stereocenters. The van der Waals surface area contributed by atoms with Gasteiger partial charge in [-0.3, -0.25) is 9.59 Å². The van der Waals surface area contributed by atoms with Crippen molar-refractivity contribution in [1.82, 2.24) is 0 Å². The van der Waals surface area contributed by atoms with Crippen molar-refractivity contribution < 1.29 is 19.1 Å². The number of unbranched alkanes of at least 4 members (excludes halogenated alkanes) is 1. The lowest BCUT2D eigenvalue weighted by Crippen LogP contribution is -2.65. The highest BCUT2D eigenvalue weighted by Gasteiger charge is 2.70. The molecule has 4 aliphatic rings. The Morgan fingerprint density at radius 1 is 0.949 bits per heavy atom. The van der Waals surface area contributed by atoms with E-state index in [1.54, 1.807) is 5.57 Å². The summed E-state index contributed by atoms with van der Waals surface area (Å²) in [4.78, 5) is 25.1. The van der Waals surface area contributed by atoms with Crippen molar-refractivity contribution in [2.45, 2.75) is 151 Å². The van der Waals surface area contributed by atoms with Crippen molar-refractivity contribution >= 4 is 11.9 Å². The molecule has 39 heavy (non-hydrogen) atoms. The van der Waals surface area contributed by atoms with Crippen molar-refractivity contribution in [2.75, 3.05) is 0 Å². The third-order valence-electron chi connectivity index (χ3n) is 12.4. The molecule has 222 valence electrons. The summed E-state index contributed by atoms with van der Waals surface area (Å²) in [5.41, 5.74) is 1.75. The van der Waals surface area contributed by atoms with Crippen LogP contribution in [0.15, 0.2) is 11.6 Å². The molecule has 0 amide bonds. The fraction of sp³-hybridized carbons (Fsp3) is 0.886. The molecule has 3 saturated carbocycles. The first-order chi connectivity index (χ1) is 18.4. The second kappa shape index (κ2) is 11.5. The van der Waals surface area contributed by atoms with Crippen molar-refractivity contribution in [3.63, 3.8) is 0 Å². The number of fused-ring (bicyclic) bond motifs is 5. The molecule has 4 heteroatoms. The van der Waals surface area contributed by atoms with Crippen LogP contribution in [0.25, 0.3) is 0 Å². The molecule has 3 fully saturated rings. The Morgan fingerprint density at radius 3 is 2.26 bits per heavy atom. The lowest BCUT2D eigenvalue weighted by molar-refractivity contribution is -0.307. The standard InChI is InChI=1S/C35H58O4/c1-9-10-20-34-23-19-29(25(4)14-11-13-24(2)3)32(34,7)22-18-30-31(34)17-16-28-15-12-21-35(33(28,30)8,38-26(5)36)39-27(6)37/h17,24-25,28-30H,9-16,18-23H2,1-8H3/t25-,28-,29-,30+,32-,33+,34+/m1/s1. The summed E-state index contributed by atoms with van der Waals surface area (Å²) in [5.74, 6) is 1.08. The Kier molecular flexibility index (Phi) is 9.05. The first-order valence-electron chi connectivity index (χ1n) is 16.5. The van der Waals surface area contributed by atoms with E-state index in [0.717, 1.165) is 43.4 Å². The maximum Gasteiger partial charge on any atom is 0.305 e. The summed E-state index contributed by atoms with van der Waals surface area (Å²) < 4.78 is 12.4. The molecule has 4 nitrogen and oxygen atoms in total. The van der Waals surface area contributed by atoms with Gasteiger partial charge in [0.25, 0.3) is 5.79 Å². The maximum absolute atomic E-state index is 12.5. The second-order valence-corrected chi connectivity index (χ2v) is 14.8. The Hall–Kier alpha value is -1.32. The normalized spacial score (nSPS) is 37.8. The number of hydrogen-bond acceptors (Lipinski definition) is 4. The molecule has 0 saturated heterocycles. The number of carbonyl (C=O) groups excluding carboxylic acids is 2. The van der Waals surface area contributed by atoms with E-state index in [9.17, 15) is 9.59 Å². The number of ether oxygens (including phenoxy) is 2. The highest BCUT2D eigenvalue weighted by atomic mass is 16.7. The zero-order chi connectivity index (χ0) is 28.6. The maximum atomic E-state index is 12.5. The highest BCUT2D eigenvalue weighted by molar-refractivity contribution is 5.69. The first kappa shape index (κ1) is 30.6. The second-order valence-electron chi connectivity index (χ2n) is 14.8. The first-order valence-corrected chi connectivity index (χ1v) is 16.5. The van der Waals surface area contributed by atoms with E-state index in [4.69, 9.17) is 9.47 Å². The van der Waals surface area contributed by atoms with Gasteiger partial charge in [0.2, 0.25) is 0 Å². The monoisotopic (exact) mass is 542 g/mol. The van der Waals surface area contributed by atoms with Gasteiger partial charge in [0.15, 0.2) is 0 Å².